The fourth-order valence-electron chi connectivity index (χ4n) is 8.30. The lowest BCUT2D eigenvalue weighted by molar-refractivity contribution is 0.488. The van der Waals surface area contributed by atoms with Gasteiger partial charge in [0.05, 0.1) is 5.69 Å². The summed E-state index contributed by atoms with van der Waals surface area (Å²) >= 11 is 1.84. The van der Waals surface area contributed by atoms with Gasteiger partial charge in [-0.3, -0.25) is 0 Å². The second-order valence-electron chi connectivity index (χ2n) is 14.1. The van der Waals surface area contributed by atoms with Crippen LogP contribution in [0.5, 0.6) is 11.5 Å². The zero-order chi connectivity index (χ0) is 36.3. The van der Waals surface area contributed by atoms with Crippen LogP contribution in [0, 0.1) is 0 Å². The van der Waals surface area contributed by atoms with Crippen molar-refractivity contribution in [2.24, 2.45) is 0 Å². The van der Waals surface area contributed by atoms with Gasteiger partial charge in [0.2, 0.25) is 0 Å². The zero-order valence-corrected chi connectivity index (χ0v) is 30.6. The van der Waals surface area contributed by atoms with E-state index in [2.05, 4.69) is 205 Å². The second kappa shape index (κ2) is 12.9. The number of thiophene rings is 1. The van der Waals surface area contributed by atoms with Gasteiger partial charge in [-0.25, -0.2) is 0 Å². The molecule has 9 aromatic carbocycles. The predicted octanol–water partition coefficient (Wildman–Crippen LogP) is 15.5. The van der Waals surface area contributed by atoms with Crippen LogP contribution in [-0.4, -0.2) is 0 Å². The molecule has 2 heterocycles. The number of anilines is 3. The average Bonchev–Trinajstić information content (AvgIpc) is 3.55. The summed E-state index contributed by atoms with van der Waals surface area (Å²) in [5.41, 5.74) is 12.4. The monoisotopic (exact) mass is 719 g/mol. The molecule has 1 aliphatic heterocycles. The summed E-state index contributed by atoms with van der Waals surface area (Å²) in [6, 6.07) is 72.1. The average molecular weight is 720 g/mol. The first-order valence-corrected chi connectivity index (χ1v) is 19.5. The summed E-state index contributed by atoms with van der Waals surface area (Å²) in [4.78, 5) is 2.39. The highest BCUT2D eigenvalue weighted by Gasteiger charge is 2.26. The lowest BCUT2D eigenvalue weighted by atomic mass is 9.88. The Balaban J connectivity index is 1.15. The summed E-state index contributed by atoms with van der Waals surface area (Å²) in [6.07, 6.45) is 0. The van der Waals surface area contributed by atoms with E-state index < -0.39 is 0 Å². The van der Waals surface area contributed by atoms with E-state index in [0.29, 0.717) is 0 Å². The quantitative estimate of drug-likeness (QED) is 0.176. The van der Waals surface area contributed by atoms with Crippen molar-refractivity contribution in [2.45, 2.75) is 0 Å². The molecule has 0 saturated heterocycles. The van der Waals surface area contributed by atoms with Crippen molar-refractivity contribution >= 4 is 59.3 Å². The van der Waals surface area contributed by atoms with Crippen molar-refractivity contribution in [1.82, 2.24) is 0 Å². The molecule has 0 spiro atoms. The number of nitrogens with zero attached hydrogens (tertiary/aromatic N) is 1. The van der Waals surface area contributed by atoms with Gasteiger partial charge in [0.25, 0.3) is 0 Å². The lowest BCUT2D eigenvalue weighted by Gasteiger charge is -2.28. The molecule has 0 aliphatic carbocycles. The molecule has 0 radical (unpaired) electrons. The Labute approximate surface area is 323 Å². The van der Waals surface area contributed by atoms with Crippen LogP contribution in [0.15, 0.2) is 200 Å². The molecule has 0 atom stereocenters. The summed E-state index contributed by atoms with van der Waals surface area (Å²) in [5.74, 6) is 1.67. The molecule has 258 valence electrons. The molecular formula is C52H33NOS. The minimum absolute atomic E-state index is 0.824. The molecule has 0 amide bonds. The SMILES string of the molecule is c1ccc(-c2ccc3c(c2)-c2c(ccc4ccccc24)Oc2cc(N(c4ccc5sc6ccccc6c5c4)c4ccccc4-c4ccccc4)ccc2-3)cc1. The highest BCUT2D eigenvalue weighted by molar-refractivity contribution is 7.25. The first-order chi connectivity index (χ1) is 27.3. The van der Waals surface area contributed by atoms with E-state index in [1.54, 1.807) is 0 Å². The van der Waals surface area contributed by atoms with Crippen LogP contribution < -0.4 is 9.64 Å². The van der Waals surface area contributed by atoms with Crippen molar-refractivity contribution in [2.75, 3.05) is 4.90 Å². The van der Waals surface area contributed by atoms with Crippen LogP contribution in [0.2, 0.25) is 0 Å². The van der Waals surface area contributed by atoms with Crippen LogP contribution in [-0.2, 0) is 0 Å². The van der Waals surface area contributed by atoms with Gasteiger partial charge in [-0.15, -0.1) is 11.3 Å². The van der Waals surface area contributed by atoms with Gasteiger partial charge in [0.15, 0.2) is 0 Å². The molecule has 0 fully saturated rings. The van der Waals surface area contributed by atoms with E-state index in [-0.39, 0.29) is 0 Å². The Kier molecular flexibility index (Phi) is 7.39. The Morgan fingerprint density at radius 3 is 1.91 bits per heavy atom. The number of fused-ring (bicyclic) bond motifs is 10. The third-order valence-electron chi connectivity index (χ3n) is 10.9. The van der Waals surface area contributed by atoms with Gasteiger partial charge >= 0.3 is 0 Å². The first-order valence-electron chi connectivity index (χ1n) is 18.7. The summed E-state index contributed by atoms with van der Waals surface area (Å²) in [7, 11) is 0. The molecule has 1 aromatic heterocycles. The van der Waals surface area contributed by atoms with Gasteiger partial charge in [0, 0.05) is 54.3 Å². The fourth-order valence-corrected chi connectivity index (χ4v) is 9.38. The Hall–Kier alpha value is -6.94. The number of benzene rings is 9. The molecule has 2 nitrogen and oxygen atoms in total. The molecule has 11 rings (SSSR count). The maximum absolute atomic E-state index is 7.11. The smallest absolute Gasteiger partial charge is 0.137 e. The zero-order valence-electron chi connectivity index (χ0n) is 29.8. The number of ether oxygens (including phenoxy) is 1. The van der Waals surface area contributed by atoms with Crippen molar-refractivity contribution in [1.29, 1.82) is 0 Å². The lowest BCUT2D eigenvalue weighted by Crippen LogP contribution is -2.11. The van der Waals surface area contributed by atoms with Crippen molar-refractivity contribution < 1.29 is 4.74 Å². The van der Waals surface area contributed by atoms with E-state index in [9.17, 15) is 0 Å². The highest BCUT2D eigenvalue weighted by atomic mass is 32.1. The van der Waals surface area contributed by atoms with Crippen LogP contribution in [0.1, 0.15) is 0 Å². The van der Waals surface area contributed by atoms with Gasteiger partial charge in [-0.05, 0) is 93.2 Å². The number of rotatable bonds is 5. The second-order valence-corrected chi connectivity index (χ2v) is 15.1. The molecule has 0 saturated carbocycles. The third kappa shape index (κ3) is 5.32. The minimum Gasteiger partial charge on any atom is -0.456 e. The van der Waals surface area contributed by atoms with E-state index in [1.807, 2.05) is 11.3 Å². The summed E-state index contributed by atoms with van der Waals surface area (Å²) in [6.45, 7) is 0. The van der Waals surface area contributed by atoms with E-state index in [0.717, 1.165) is 50.8 Å². The molecule has 10 aromatic rings. The van der Waals surface area contributed by atoms with E-state index >= 15 is 0 Å². The van der Waals surface area contributed by atoms with Crippen LogP contribution in [0.25, 0.3) is 75.5 Å². The molecular weight excluding hydrogens is 687 g/mol. The van der Waals surface area contributed by atoms with Crippen LogP contribution in [0.4, 0.5) is 17.1 Å². The molecule has 3 heteroatoms. The molecule has 0 bridgehead atoms. The number of para-hydroxylation sites is 1. The van der Waals surface area contributed by atoms with E-state index in [1.165, 1.54) is 53.2 Å². The predicted molar refractivity (Wildman–Crippen MR) is 233 cm³/mol. The largest absolute Gasteiger partial charge is 0.456 e. The Morgan fingerprint density at radius 1 is 0.364 bits per heavy atom. The highest BCUT2D eigenvalue weighted by Crippen LogP contribution is 2.52. The van der Waals surface area contributed by atoms with Gasteiger partial charge in [-0.1, -0.05) is 140 Å². The van der Waals surface area contributed by atoms with Gasteiger partial charge in [0.1, 0.15) is 11.5 Å². The summed E-state index contributed by atoms with van der Waals surface area (Å²) in [5, 5.41) is 4.90. The third-order valence-corrected chi connectivity index (χ3v) is 12.0. The fraction of sp³-hybridized carbons (Fsp3) is 0. The molecule has 0 unspecified atom stereocenters. The maximum atomic E-state index is 7.11. The standard InChI is InChI=1S/C52H33NOS/c1-3-13-34(14-4-1)37-23-27-42-43-28-25-39(33-49(43)54-48-29-24-36-17-7-8-19-41(36)52(48)46(42)31-37)53(47-21-11-9-18-40(47)35-15-5-2-6-16-35)38-26-30-51-45(32-38)44-20-10-12-22-50(44)55-51/h1-33H. The van der Waals surface area contributed by atoms with Crippen LogP contribution >= 0.6 is 11.3 Å². The van der Waals surface area contributed by atoms with Gasteiger partial charge < -0.3 is 9.64 Å². The van der Waals surface area contributed by atoms with Gasteiger partial charge in [-0.2, -0.15) is 0 Å². The van der Waals surface area contributed by atoms with Crippen molar-refractivity contribution in [3.05, 3.63) is 200 Å². The summed E-state index contributed by atoms with van der Waals surface area (Å²) < 4.78 is 9.68. The van der Waals surface area contributed by atoms with Crippen molar-refractivity contribution in [3.8, 4) is 56.0 Å². The first kappa shape index (κ1) is 31.6. The number of hydrogen-bond acceptors (Lipinski definition) is 3. The van der Waals surface area contributed by atoms with E-state index in [4.69, 9.17) is 4.74 Å². The molecule has 55 heavy (non-hydrogen) atoms. The minimum atomic E-state index is 0.824. The maximum Gasteiger partial charge on any atom is 0.137 e. The Bertz CT molecular complexity index is 3070. The Morgan fingerprint density at radius 2 is 1.04 bits per heavy atom. The molecule has 0 N–H and O–H groups in total. The number of hydrogen-bond donors (Lipinski definition) is 0. The normalized spacial score (nSPS) is 11.8. The topological polar surface area (TPSA) is 12.5 Å². The van der Waals surface area contributed by atoms with Crippen molar-refractivity contribution in [3.63, 3.8) is 0 Å². The molecule has 1 aliphatic rings. The van der Waals surface area contributed by atoms with Crippen LogP contribution in [0.3, 0.4) is 0 Å².